The molecule has 0 unspecified atom stereocenters. The van der Waals surface area contributed by atoms with E-state index in [0.717, 1.165) is 22.0 Å². The van der Waals surface area contributed by atoms with Crippen molar-refractivity contribution in [2.24, 2.45) is 0 Å². The number of para-hydroxylation sites is 1. The molecule has 3 rings (SSSR count). The monoisotopic (exact) mass is 288 g/mol. The Morgan fingerprint density at radius 3 is 2.82 bits per heavy atom. The lowest BCUT2D eigenvalue weighted by atomic mass is 10.0. The highest BCUT2D eigenvalue weighted by Gasteiger charge is 2.12. The van der Waals surface area contributed by atoms with Crippen LogP contribution in [0.4, 0.5) is 5.69 Å². The molecule has 3 heteroatoms. The SMILES string of the molecule is C=Cc1cc(C)ccc1C(=O)Nc1cccc2cccnc12. The minimum Gasteiger partial charge on any atom is -0.320 e. The van der Waals surface area contributed by atoms with Crippen LogP contribution in [0.15, 0.2) is 61.3 Å². The molecular weight excluding hydrogens is 272 g/mol. The number of nitrogens with zero attached hydrogens (tertiary/aromatic N) is 1. The van der Waals surface area contributed by atoms with E-state index >= 15 is 0 Å². The average Bonchev–Trinajstić information content (AvgIpc) is 2.55. The molecule has 1 N–H and O–H groups in total. The average molecular weight is 288 g/mol. The summed E-state index contributed by atoms with van der Waals surface area (Å²) in [6, 6.07) is 15.3. The van der Waals surface area contributed by atoms with E-state index in [1.165, 1.54) is 0 Å². The summed E-state index contributed by atoms with van der Waals surface area (Å²) >= 11 is 0. The zero-order valence-corrected chi connectivity index (χ0v) is 12.3. The van der Waals surface area contributed by atoms with Gasteiger partial charge in [0, 0.05) is 17.1 Å². The fraction of sp³-hybridized carbons (Fsp3) is 0.0526. The molecule has 1 heterocycles. The molecule has 0 aliphatic heterocycles. The van der Waals surface area contributed by atoms with Gasteiger partial charge in [-0.2, -0.15) is 0 Å². The third-order valence-electron chi connectivity index (χ3n) is 3.55. The molecule has 0 bridgehead atoms. The lowest BCUT2D eigenvalue weighted by Crippen LogP contribution is -2.14. The molecule has 3 nitrogen and oxygen atoms in total. The number of amides is 1. The molecule has 22 heavy (non-hydrogen) atoms. The van der Waals surface area contributed by atoms with Crippen molar-refractivity contribution in [1.82, 2.24) is 4.98 Å². The standard InChI is InChI=1S/C19H16N2O/c1-3-14-12-13(2)9-10-16(14)19(22)21-17-8-4-6-15-7-5-11-20-18(15)17/h3-12H,1H2,2H3,(H,21,22). The molecule has 1 amide bonds. The van der Waals surface area contributed by atoms with Gasteiger partial charge in [-0.25, -0.2) is 0 Å². The van der Waals surface area contributed by atoms with Crippen molar-refractivity contribution in [3.63, 3.8) is 0 Å². The highest BCUT2D eigenvalue weighted by atomic mass is 16.1. The second-order valence-electron chi connectivity index (χ2n) is 5.13. The molecule has 3 aromatic rings. The molecule has 0 saturated heterocycles. The van der Waals surface area contributed by atoms with Crippen LogP contribution in [0.1, 0.15) is 21.5 Å². The number of fused-ring (bicyclic) bond motifs is 1. The number of hydrogen-bond donors (Lipinski definition) is 1. The Labute approximate surface area is 129 Å². The van der Waals surface area contributed by atoms with Gasteiger partial charge in [0.2, 0.25) is 0 Å². The second-order valence-corrected chi connectivity index (χ2v) is 5.13. The summed E-state index contributed by atoms with van der Waals surface area (Å²) in [6.07, 6.45) is 3.42. The summed E-state index contributed by atoms with van der Waals surface area (Å²) in [5.41, 5.74) is 4.02. The first-order valence-corrected chi connectivity index (χ1v) is 7.07. The van der Waals surface area contributed by atoms with Gasteiger partial charge >= 0.3 is 0 Å². The Hall–Kier alpha value is -2.94. The number of carbonyl (C=O) groups is 1. The normalized spacial score (nSPS) is 10.4. The van der Waals surface area contributed by atoms with Crippen LogP contribution in [0.25, 0.3) is 17.0 Å². The fourth-order valence-electron chi connectivity index (χ4n) is 2.45. The minimum absolute atomic E-state index is 0.159. The van der Waals surface area contributed by atoms with E-state index in [0.29, 0.717) is 11.3 Å². The predicted molar refractivity (Wildman–Crippen MR) is 91.0 cm³/mol. The van der Waals surface area contributed by atoms with E-state index < -0.39 is 0 Å². The van der Waals surface area contributed by atoms with Crippen molar-refractivity contribution >= 4 is 28.6 Å². The number of pyridine rings is 1. The smallest absolute Gasteiger partial charge is 0.256 e. The van der Waals surface area contributed by atoms with Crippen molar-refractivity contribution in [2.45, 2.75) is 6.92 Å². The second kappa shape index (κ2) is 5.82. The van der Waals surface area contributed by atoms with Gasteiger partial charge in [0.05, 0.1) is 11.2 Å². The third-order valence-corrected chi connectivity index (χ3v) is 3.55. The van der Waals surface area contributed by atoms with Gasteiger partial charge < -0.3 is 5.32 Å². The lowest BCUT2D eigenvalue weighted by Gasteiger charge is -2.10. The van der Waals surface area contributed by atoms with Crippen LogP contribution in [0.3, 0.4) is 0 Å². The highest BCUT2D eigenvalue weighted by Crippen LogP contribution is 2.22. The number of aromatic nitrogens is 1. The number of hydrogen-bond acceptors (Lipinski definition) is 2. The highest BCUT2D eigenvalue weighted by molar-refractivity contribution is 6.09. The summed E-state index contributed by atoms with van der Waals surface area (Å²) in [5, 5.41) is 3.94. The number of nitrogens with one attached hydrogen (secondary N) is 1. The number of aryl methyl sites for hydroxylation is 1. The largest absolute Gasteiger partial charge is 0.320 e. The molecule has 0 radical (unpaired) electrons. The summed E-state index contributed by atoms with van der Waals surface area (Å²) in [4.78, 5) is 16.9. The van der Waals surface area contributed by atoms with Gasteiger partial charge in [-0.3, -0.25) is 9.78 Å². The molecular formula is C19H16N2O. The number of carbonyl (C=O) groups excluding carboxylic acids is 1. The quantitative estimate of drug-likeness (QED) is 0.774. The van der Waals surface area contributed by atoms with Crippen LogP contribution < -0.4 is 5.32 Å². The van der Waals surface area contributed by atoms with Crippen molar-refractivity contribution < 1.29 is 4.79 Å². The summed E-state index contributed by atoms with van der Waals surface area (Å²) in [7, 11) is 0. The molecule has 108 valence electrons. The van der Waals surface area contributed by atoms with Crippen molar-refractivity contribution in [3.05, 3.63) is 78.0 Å². The van der Waals surface area contributed by atoms with Crippen LogP contribution in [-0.4, -0.2) is 10.9 Å². The Balaban J connectivity index is 1.99. The molecule has 0 spiro atoms. The van der Waals surface area contributed by atoms with E-state index in [4.69, 9.17) is 0 Å². The van der Waals surface area contributed by atoms with Crippen LogP contribution in [-0.2, 0) is 0 Å². The molecule has 0 aliphatic rings. The Kier molecular flexibility index (Phi) is 3.71. The number of rotatable bonds is 3. The maximum absolute atomic E-state index is 12.6. The van der Waals surface area contributed by atoms with Gasteiger partial charge in [-0.1, -0.05) is 48.6 Å². The summed E-state index contributed by atoms with van der Waals surface area (Å²) < 4.78 is 0. The number of benzene rings is 2. The molecule has 0 fully saturated rings. The van der Waals surface area contributed by atoms with E-state index in [1.54, 1.807) is 12.3 Å². The van der Waals surface area contributed by atoms with Gasteiger partial charge in [-0.05, 0) is 30.7 Å². The van der Waals surface area contributed by atoms with Crippen molar-refractivity contribution in [2.75, 3.05) is 5.32 Å². The first-order valence-electron chi connectivity index (χ1n) is 7.07. The Morgan fingerprint density at radius 1 is 1.18 bits per heavy atom. The van der Waals surface area contributed by atoms with Gasteiger partial charge in [0.25, 0.3) is 5.91 Å². The van der Waals surface area contributed by atoms with Gasteiger partial charge in [-0.15, -0.1) is 0 Å². The zero-order valence-electron chi connectivity index (χ0n) is 12.3. The first-order chi connectivity index (χ1) is 10.7. The maximum Gasteiger partial charge on any atom is 0.256 e. The molecule has 0 saturated carbocycles. The topological polar surface area (TPSA) is 42.0 Å². The lowest BCUT2D eigenvalue weighted by molar-refractivity contribution is 0.102. The predicted octanol–water partition coefficient (Wildman–Crippen LogP) is 4.44. The van der Waals surface area contributed by atoms with Gasteiger partial charge in [0.1, 0.15) is 0 Å². The summed E-state index contributed by atoms with van der Waals surface area (Å²) in [5.74, 6) is -0.159. The van der Waals surface area contributed by atoms with E-state index in [2.05, 4.69) is 16.9 Å². The van der Waals surface area contributed by atoms with Crippen LogP contribution in [0.2, 0.25) is 0 Å². The zero-order chi connectivity index (χ0) is 15.5. The van der Waals surface area contributed by atoms with Crippen LogP contribution in [0, 0.1) is 6.92 Å². The van der Waals surface area contributed by atoms with E-state index in [1.807, 2.05) is 55.5 Å². The summed E-state index contributed by atoms with van der Waals surface area (Å²) in [6.45, 7) is 5.77. The van der Waals surface area contributed by atoms with Crippen molar-refractivity contribution in [1.29, 1.82) is 0 Å². The van der Waals surface area contributed by atoms with E-state index in [-0.39, 0.29) is 5.91 Å². The minimum atomic E-state index is -0.159. The van der Waals surface area contributed by atoms with Crippen LogP contribution >= 0.6 is 0 Å². The molecule has 0 atom stereocenters. The Bertz CT molecular complexity index is 863. The Morgan fingerprint density at radius 2 is 2.00 bits per heavy atom. The van der Waals surface area contributed by atoms with Crippen molar-refractivity contribution in [3.8, 4) is 0 Å². The molecule has 0 aliphatic carbocycles. The maximum atomic E-state index is 12.6. The van der Waals surface area contributed by atoms with Crippen LogP contribution in [0.5, 0.6) is 0 Å². The van der Waals surface area contributed by atoms with E-state index in [9.17, 15) is 4.79 Å². The fourth-order valence-corrected chi connectivity index (χ4v) is 2.45. The molecule has 1 aromatic heterocycles. The third kappa shape index (κ3) is 2.61. The van der Waals surface area contributed by atoms with Gasteiger partial charge in [0.15, 0.2) is 0 Å². The number of anilines is 1. The molecule has 2 aromatic carbocycles. The first kappa shape index (κ1) is 14.0.